The molecule has 0 aliphatic heterocycles. The number of nitrogens with zero attached hydrogens (tertiary/aromatic N) is 1. The van der Waals surface area contributed by atoms with Crippen molar-refractivity contribution in [3.05, 3.63) is 10.1 Å². The Hall–Kier alpha value is -0.450. The smallest absolute Gasteiger partial charge is 0.291 e. The number of hydrogen-bond acceptors (Lipinski definition) is 4. The molecule has 0 saturated carbocycles. The van der Waals surface area contributed by atoms with Crippen molar-refractivity contribution in [3.63, 3.8) is 0 Å². The van der Waals surface area contributed by atoms with Crippen LogP contribution < -0.4 is 12.3 Å². The summed E-state index contributed by atoms with van der Waals surface area (Å²) < 4.78 is 0. The van der Waals surface area contributed by atoms with Crippen molar-refractivity contribution < 1.29 is 10.3 Å². The van der Waals surface area contributed by atoms with E-state index in [-0.39, 0.29) is 22.2 Å². The molecule has 0 heterocycles. The van der Waals surface area contributed by atoms with Gasteiger partial charge in [0.05, 0.1) is 0 Å². The van der Waals surface area contributed by atoms with Gasteiger partial charge in [-0.05, 0) is 0 Å². The Morgan fingerprint density at radius 2 is 1.43 bits per heavy atom. The van der Waals surface area contributed by atoms with E-state index in [9.17, 15) is 0 Å². The maximum absolute atomic E-state index is 8.36. The lowest BCUT2D eigenvalue weighted by atomic mass is 13.1. The molecular formula is H10N3O3P. The zero-order chi connectivity index (χ0) is 3.58. The molecule has 0 aromatic carbocycles. The topological polar surface area (TPSA) is 133 Å². The van der Waals surface area contributed by atoms with Gasteiger partial charge in [-0.1, -0.05) is 0 Å². The van der Waals surface area contributed by atoms with Gasteiger partial charge in [0.15, 0.2) is 0 Å². The van der Waals surface area contributed by atoms with E-state index in [1.54, 1.807) is 0 Å². The maximum atomic E-state index is 8.36. The first-order chi connectivity index (χ1) is 1.73. The van der Waals surface area contributed by atoms with E-state index < -0.39 is 5.09 Å². The highest BCUT2D eigenvalue weighted by molar-refractivity contribution is 6.92. The standard InChI is InChI=1S/HNO3.2H3N.H3P/c2-1(3)4;;;/h(H,2,3,4);3*1H3. The molecule has 0 spiro atoms. The van der Waals surface area contributed by atoms with Crippen molar-refractivity contribution in [2.45, 2.75) is 0 Å². The van der Waals surface area contributed by atoms with Crippen molar-refractivity contribution in [1.29, 1.82) is 0 Å². The molecule has 7 N–H and O–H groups in total. The molecule has 1 unspecified atom stereocenters. The van der Waals surface area contributed by atoms with Crippen LogP contribution in [0.5, 0.6) is 0 Å². The van der Waals surface area contributed by atoms with Crippen molar-refractivity contribution in [2.24, 2.45) is 0 Å². The summed E-state index contributed by atoms with van der Waals surface area (Å²) >= 11 is 0. The van der Waals surface area contributed by atoms with Crippen LogP contribution in [0.4, 0.5) is 0 Å². The molecule has 0 radical (unpaired) electrons. The van der Waals surface area contributed by atoms with Crippen LogP contribution in [0, 0.1) is 10.1 Å². The fourth-order valence-corrected chi connectivity index (χ4v) is 0. The Morgan fingerprint density at radius 1 is 1.43 bits per heavy atom. The van der Waals surface area contributed by atoms with Gasteiger partial charge in [-0.3, -0.25) is 0 Å². The number of rotatable bonds is 0. The van der Waals surface area contributed by atoms with Crippen LogP contribution in [-0.4, -0.2) is 10.3 Å². The lowest BCUT2D eigenvalue weighted by Gasteiger charge is -1.56. The van der Waals surface area contributed by atoms with Gasteiger partial charge in [0, 0.05) is 0 Å². The first kappa shape index (κ1) is 31.0. The fraction of sp³-hybridized carbons (Fsp3) is 0. The van der Waals surface area contributed by atoms with Crippen LogP contribution in [0.1, 0.15) is 0 Å². The predicted octanol–water partition coefficient (Wildman–Crippen LogP) is 0.0344. The van der Waals surface area contributed by atoms with E-state index in [2.05, 4.69) is 0 Å². The van der Waals surface area contributed by atoms with Gasteiger partial charge in [-0.15, -0.1) is 10.1 Å². The Bertz CT molecular complexity index is 33.2. The van der Waals surface area contributed by atoms with Crippen LogP contribution >= 0.6 is 9.90 Å². The van der Waals surface area contributed by atoms with Crippen LogP contribution in [0.15, 0.2) is 0 Å². The largest absolute Gasteiger partial charge is 0.344 e. The van der Waals surface area contributed by atoms with Crippen molar-refractivity contribution >= 4 is 9.90 Å². The van der Waals surface area contributed by atoms with E-state index in [1.165, 1.54) is 0 Å². The highest BCUT2D eigenvalue weighted by atomic mass is 31.0. The minimum atomic E-state index is -1.50. The summed E-state index contributed by atoms with van der Waals surface area (Å²) in [5.74, 6) is 0. The van der Waals surface area contributed by atoms with Gasteiger partial charge >= 0.3 is 0 Å². The van der Waals surface area contributed by atoms with Crippen molar-refractivity contribution in [2.75, 3.05) is 0 Å². The SMILES string of the molecule is N.N.O=[N+]([O-])O.P. The molecule has 0 aromatic heterocycles. The van der Waals surface area contributed by atoms with Gasteiger partial charge in [-0.2, -0.15) is 9.90 Å². The summed E-state index contributed by atoms with van der Waals surface area (Å²) in [6, 6.07) is 0. The third-order valence-electron chi connectivity index (χ3n) is 0. The van der Waals surface area contributed by atoms with Crippen molar-refractivity contribution in [1.82, 2.24) is 12.3 Å². The molecule has 0 amide bonds. The summed E-state index contributed by atoms with van der Waals surface area (Å²) in [4.78, 5) is 8.36. The van der Waals surface area contributed by atoms with E-state index in [4.69, 9.17) is 15.3 Å². The molecule has 7 heavy (non-hydrogen) atoms. The highest BCUT2D eigenvalue weighted by Crippen LogP contribution is 1.38. The molecule has 0 rings (SSSR count). The van der Waals surface area contributed by atoms with E-state index in [0.29, 0.717) is 0 Å². The summed E-state index contributed by atoms with van der Waals surface area (Å²) in [6.45, 7) is 0. The second-order valence-corrected chi connectivity index (χ2v) is 0.238. The summed E-state index contributed by atoms with van der Waals surface area (Å²) in [5, 5.41) is 13.6. The quantitative estimate of drug-likeness (QED) is 0.242. The Balaban J connectivity index is -0.0000000150. The summed E-state index contributed by atoms with van der Waals surface area (Å²) in [7, 11) is 0. The van der Waals surface area contributed by atoms with Crippen LogP contribution in [0.25, 0.3) is 0 Å². The first-order valence-corrected chi connectivity index (χ1v) is 0.565. The minimum absolute atomic E-state index is 0. The molecule has 0 fully saturated rings. The van der Waals surface area contributed by atoms with Crippen LogP contribution in [0.3, 0.4) is 0 Å². The normalized spacial score (nSPS) is 3.43. The maximum Gasteiger partial charge on any atom is 0.291 e. The minimum Gasteiger partial charge on any atom is -0.344 e. The highest BCUT2D eigenvalue weighted by Gasteiger charge is 1.65. The van der Waals surface area contributed by atoms with E-state index in [1.807, 2.05) is 0 Å². The fourth-order valence-electron chi connectivity index (χ4n) is 0. The first-order valence-electron chi connectivity index (χ1n) is 0.565. The van der Waals surface area contributed by atoms with Gasteiger partial charge < -0.3 is 17.5 Å². The van der Waals surface area contributed by atoms with Gasteiger partial charge in [0.2, 0.25) is 0 Å². The monoisotopic (exact) mass is 131 g/mol. The van der Waals surface area contributed by atoms with Gasteiger partial charge in [0.25, 0.3) is 5.09 Å². The van der Waals surface area contributed by atoms with Crippen LogP contribution in [-0.2, 0) is 0 Å². The third kappa shape index (κ3) is 345. The Kier molecular flexibility index (Phi) is 78.3. The van der Waals surface area contributed by atoms with E-state index in [0.717, 1.165) is 0 Å². The van der Waals surface area contributed by atoms with E-state index >= 15 is 0 Å². The average Bonchev–Trinajstić information content (AvgIpc) is 0.811. The second-order valence-electron chi connectivity index (χ2n) is 0.238. The summed E-state index contributed by atoms with van der Waals surface area (Å²) in [5.41, 5.74) is 0. The van der Waals surface area contributed by atoms with Crippen molar-refractivity contribution in [3.8, 4) is 0 Å². The zero-order valence-corrected chi connectivity index (χ0v) is 5.25. The lowest BCUT2D eigenvalue weighted by molar-refractivity contribution is -0.742. The average molecular weight is 131 g/mol. The Labute approximate surface area is 43.8 Å². The lowest BCUT2D eigenvalue weighted by Crippen LogP contribution is -1.81. The molecule has 6 nitrogen and oxygen atoms in total. The summed E-state index contributed by atoms with van der Waals surface area (Å²) in [6.07, 6.45) is 0. The predicted molar refractivity (Wildman–Crippen MR) is 29.9 cm³/mol. The molecule has 0 aromatic rings. The van der Waals surface area contributed by atoms with Crippen LogP contribution in [0.2, 0.25) is 0 Å². The molecule has 0 bridgehead atoms. The molecular weight excluding hydrogens is 121 g/mol. The molecule has 0 saturated heterocycles. The second kappa shape index (κ2) is 17.7. The number of hydrogen-bond donors (Lipinski definition) is 3. The molecule has 0 aliphatic rings. The molecule has 48 valence electrons. The van der Waals surface area contributed by atoms with Gasteiger partial charge in [-0.25, -0.2) is 0 Å². The Morgan fingerprint density at radius 3 is 1.43 bits per heavy atom. The third-order valence-corrected chi connectivity index (χ3v) is 0. The van der Waals surface area contributed by atoms with Gasteiger partial charge in [0.1, 0.15) is 0 Å². The molecule has 7 heteroatoms. The molecule has 1 atom stereocenters. The molecule has 0 aliphatic carbocycles. The zero-order valence-electron chi connectivity index (χ0n) is 3.83.